The Kier molecular flexibility index (Phi) is 3.44. The SMILES string of the molecule is C[C@H]1C[C@@H]1c1ccc(CN(CCCO)C2CC2)o1. The van der Waals surface area contributed by atoms with Crippen LogP contribution in [0.5, 0.6) is 0 Å². The second kappa shape index (κ2) is 5.06. The largest absolute Gasteiger partial charge is 0.464 e. The molecule has 100 valence electrons. The van der Waals surface area contributed by atoms with E-state index >= 15 is 0 Å². The topological polar surface area (TPSA) is 36.6 Å². The quantitative estimate of drug-likeness (QED) is 0.807. The molecule has 3 rings (SSSR count). The maximum Gasteiger partial charge on any atom is 0.118 e. The van der Waals surface area contributed by atoms with Gasteiger partial charge in [0.05, 0.1) is 6.54 Å². The van der Waals surface area contributed by atoms with Gasteiger partial charge in [0.2, 0.25) is 0 Å². The van der Waals surface area contributed by atoms with Gasteiger partial charge in [0, 0.05) is 25.1 Å². The number of aliphatic hydroxyl groups excluding tert-OH is 1. The van der Waals surface area contributed by atoms with E-state index in [1.807, 2.05) is 0 Å². The molecule has 0 bridgehead atoms. The fourth-order valence-electron chi connectivity index (χ4n) is 2.70. The van der Waals surface area contributed by atoms with Crippen molar-refractivity contribution in [3.05, 3.63) is 23.7 Å². The van der Waals surface area contributed by atoms with E-state index in [-0.39, 0.29) is 6.61 Å². The molecular weight excluding hydrogens is 226 g/mol. The van der Waals surface area contributed by atoms with Gasteiger partial charge in [-0.05, 0) is 43.7 Å². The van der Waals surface area contributed by atoms with Crippen LogP contribution in [0.3, 0.4) is 0 Å². The van der Waals surface area contributed by atoms with Crippen LogP contribution in [0.2, 0.25) is 0 Å². The summed E-state index contributed by atoms with van der Waals surface area (Å²) in [6.07, 6.45) is 4.75. The highest BCUT2D eigenvalue weighted by Crippen LogP contribution is 2.47. The highest BCUT2D eigenvalue weighted by Gasteiger charge is 2.37. The summed E-state index contributed by atoms with van der Waals surface area (Å²) in [7, 11) is 0. The van der Waals surface area contributed by atoms with Crippen LogP contribution in [0.25, 0.3) is 0 Å². The van der Waals surface area contributed by atoms with Gasteiger partial charge in [-0.15, -0.1) is 0 Å². The second-order valence-corrected chi connectivity index (χ2v) is 5.90. The average molecular weight is 249 g/mol. The van der Waals surface area contributed by atoms with Crippen LogP contribution in [-0.4, -0.2) is 29.2 Å². The number of rotatable bonds is 7. The zero-order valence-electron chi connectivity index (χ0n) is 11.1. The van der Waals surface area contributed by atoms with Crippen LogP contribution in [0, 0.1) is 5.92 Å². The predicted octanol–water partition coefficient (Wildman–Crippen LogP) is 2.75. The Hall–Kier alpha value is -0.800. The molecule has 1 aromatic heterocycles. The minimum atomic E-state index is 0.284. The highest BCUT2D eigenvalue weighted by atomic mass is 16.3. The lowest BCUT2D eigenvalue weighted by Gasteiger charge is -2.20. The van der Waals surface area contributed by atoms with Crippen molar-refractivity contribution in [1.29, 1.82) is 0 Å². The molecule has 2 atom stereocenters. The van der Waals surface area contributed by atoms with Gasteiger partial charge in [0.25, 0.3) is 0 Å². The third-order valence-corrected chi connectivity index (χ3v) is 4.18. The summed E-state index contributed by atoms with van der Waals surface area (Å²) in [6.45, 7) is 4.46. The first-order chi connectivity index (χ1) is 8.78. The molecule has 0 unspecified atom stereocenters. The minimum absolute atomic E-state index is 0.284. The van der Waals surface area contributed by atoms with Gasteiger partial charge in [-0.3, -0.25) is 4.90 Å². The van der Waals surface area contributed by atoms with Crippen molar-refractivity contribution in [2.75, 3.05) is 13.2 Å². The van der Waals surface area contributed by atoms with Gasteiger partial charge in [0.15, 0.2) is 0 Å². The zero-order valence-corrected chi connectivity index (χ0v) is 11.1. The van der Waals surface area contributed by atoms with E-state index in [0.717, 1.165) is 37.2 Å². The predicted molar refractivity (Wildman–Crippen MR) is 70.4 cm³/mol. The van der Waals surface area contributed by atoms with Gasteiger partial charge >= 0.3 is 0 Å². The third kappa shape index (κ3) is 2.78. The molecule has 0 radical (unpaired) electrons. The maximum atomic E-state index is 8.95. The summed E-state index contributed by atoms with van der Waals surface area (Å²) in [5.74, 6) is 3.74. The lowest BCUT2D eigenvalue weighted by atomic mass is 10.3. The molecule has 3 nitrogen and oxygen atoms in total. The first-order valence-corrected chi connectivity index (χ1v) is 7.21. The summed E-state index contributed by atoms with van der Waals surface area (Å²) in [4.78, 5) is 2.45. The molecule has 0 saturated heterocycles. The van der Waals surface area contributed by atoms with E-state index in [0.29, 0.717) is 5.92 Å². The number of furan rings is 1. The van der Waals surface area contributed by atoms with Crippen molar-refractivity contribution in [3.8, 4) is 0 Å². The molecule has 0 aromatic carbocycles. The molecule has 0 spiro atoms. The van der Waals surface area contributed by atoms with Crippen LogP contribution in [0.1, 0.15) is 50.0 Å². The molecule has 2 fully saturated rings. The van der Waals surface area contributed by atoms with Crippen molar-refractivity contribution in [1.82, 2.24) is 4.90 Å². The smallest absolute Gasteiger partial charge is 0.118 e. The Morgan fingerprint density at radius 3 is 2.78 bits per heavy atom. The van der Waals surface area contributed by atoms with Crippen molar-refractivity contribution in [2.45, 2.75) is 51.1 Å². The standard InChI is InChI=1S/C15H23NO2/c1-11-9-14(11)15-6-5-13(18-15)10-16(7-2-8-17)12-3-4-12/h5-6,11-12,14,17H,2-4,7-10H2,1H3/t11-,14-/m0/s1. The maximum absolute atomic E-state index is 8.95. The van der Waals surface area contributed by atoms with Crippen LogP contribution in [0.15, 0.2) is 16.5 Å². The Morgan fingerprint density at radius 1 is 1.39 bits per heavy atom. The fourth-order valence-corrected chi connectivity index (χ4v) is 2.70. The lowest BCUT2D eigenvalue weighted by Crippen LogP contribution is -2.27. The van der Waals surface area contributed by atoms with Gasteiger partial charge in [-0.25, -0.2) is 0 Å². The number of aliphatic hydroxyl groups is 1. The van der Waals surface area contributed by atoms with E-state index < -0.39 is 0 Å². The molecule has 1 aromatic rings. The lowest BCUT2D eigenvalue weighted by molar-refractivity contribution is 0.199. The van der Waals surface area contributed by atoms with Gasteiger partial charge < -0.3 is 9.52 Å². The first-order valence-electron chi connectivity index (χ1n) is 7.21. The van der Waals surface area contributed by atoms with E-state index in [2.05, 4.69) is 24.0 Å². The Labute approximate surface area is 109 Å². The average Bonchev–Trinajstić information content (AvgIpc) is 3.27. The summed E-state index contributed by atoms with van der Waals surface area (Å²) in [5.41, 5.74) is 0. The molecule has 0 amide bonds. The Balaban J connectivity index is 1.57. The molecular formula is C15H23NO2. The highest BCUT2D eigenvalue weighted by molar-refractivity contribution is 5.17. The molecule has 0 aliphatic heterocycles. The minimum Gasteiger partial charge on any atom is -0.464 e. The Bertz CT molecular complexity index is 397. The van der Waals surface area contributed by atoms with E-state index in [4.69, 9.17) is 9.52 Å². The molecule has 2 aliphatic carbocycles. The number of hydrogen-bond donors (Lipinski definition) is 1. The monoisotopic (exact) mass is 249 g/mol. The number of hydrogen-bond acceptors (Lipinski definition) is 3. The van der Waals surface area contributed by atoms with Gasteiger partial charge in [-0.1, -0.05) is 6.92 Å². The normalized spacial score (nSPS) is 26.8. The van der Waals surface area contributed by atoms with Crippen LogP contribution < -0.4 is 0 Å². The molecule has 1 N–H and O–H groups in total. The van der Waals surface area contributed by atoms with E-state index in [1.54, 1.807) is 0 Å². The number of nitrogens with zero attached hydrogens (tertiary/aromatic N) is 1. The molecule has 2 saturated carbocycles. The summed E-state index contributed by atoms with van der Waals surface area (Å²) in [6, 6.07) is 5.01. The van der Waals surface area contributed by atoms with Crippen molar-refractivity contribution < 1.29 is 9.52 Å². The van der Waals surface area contributed by atoms with E-state index in [1.165, 1.54) is 25.0 Å². The zero-order chi connectivity index (χ0) is 12.5. The van der Waals surface area contributed by atoms with Crippen molar-refractivity contribution in [3.63, 3.8) is 0 Å². The molecule has 18 heavy (non-hydrogen) atoms. The van der Waals surface area contributed by atoms with Gasteiger partial charge in [0.1, 0.15) is 11.5 Å². The molecule has 2 aliphatic rings. The Morgan fingerprint density at radius 2 is 2.17 bits per heavy atom. The summed E-state index contributed by atoms with van der Waals surface area (Å²) < 4.78 is 5.96. The van der Waals surface area contributed by atoms with Gasteiger partial charge in [-0.2, -0.15) is 0 Å². The molecule has 1 heterocycles. The van der Waals surface area contributed by atoms with Crippen molar-refractivity contribution in [2.24, 2.45) is 5.92 Å². The van der Waals surface area contributed by atoms with Crippen LogP contribution >= 0.6 is 0 Å². The van der Waals surface area contributed by atoms with Crippen LogP contribution in [0.4, 0.5) is 0 Å². The summed E-state index contributed by atoms with van der Waals surface area (Å²) >= 11 is 0. The second-order valence-electron chi connectivity index (χ2n) is 5.90. The van der Waals surface area contributed by atoms with Crippen LogP contribution in [-0.2, 0) is 6.54 Å². The third-order valence-electron chi connectivity index (χ3n) is 4.18. The fraction of sp³-hybridized carbons (Fsp3) is 0.733. The summed E-state index contributed by atoms with van der Waals surface area (Å²) in [5, 5.41) is 8.95. The van der Waals surface area contributed by atoms with Crippen molar-refractivity contribution >= 4 is 0 Å². The van der Waals surface area contributed by atoms with E-state index in [9.17, 15) is 0 Å². The molecule has 3 heteroatoms. The first kappa shape index (κ1) is 12.2.